The van der Waals surface area contributed by atoms with Crippen LogP contribution in [0.15, 0.2) is 18.3 Å². The second kappa shape index (κ2) is 16.1. The fourth-order valence-corrected chi connectivity index (χ4v) is 6.46. The Morgan fingerprint density at radius 2 is 1.79 bits per heavy atom. The fraction of sp³-hybridized carbons (Fsp3) is 0.629. The van der Waals surface area contributed by atoms with Gasteiger partial charge in [-0.2, -0.15) is 4.98 Å². The van der Waals surface area contributed by atoms with E-state index < -0.39 is 17.4 Å². The molecule has 2 atom stereocenters. The summed E-state index contributed by atoms with van der Waals surface area (Å²) in [7, 11) is 1.35. The van der Waals surface area contributed by atoms with Crippen LogP contribution in [0.4, 0.5) is 22.2 Å². The van der Waals surface area contributed by atoms with Gasteiger partial charge in [-0.05, 0) is 96.4 Å². The molecule has 0 saturated carbocycles. The number of hydrogen-bond acceptors (Lipinski definition) is 10. The fourth-order valence-electron chi connectivity index (χ4n) is 6.24. The number of methoxy groups -OCH3 is 1. The van der Waals surface area contributed by atoms with E-state index in [1.165, 1.54) is 18.9 Å². The van der Waals surface area contributed by atoms with Crippen LogP contribution in [0.25, 0.3) is 0 Å². The van der Waals surface area contributed by atoms with Crippen LogP contribution in [0.5, 0.6) is 5.75 Å². The van der Waals surface area contributed by atoms with Crippen molar-refractivity contribution in [2.24, 2.45) is 11.8 Å². The number of benzene rings is 1. The Hall–Kier alpha value is -3.80. The van der Waals surface area contributed by atoms with Gasteiger partial charge >= 0.3 is 12.1 Å². The number of ether oxygens (including phenoxy) is 3. The number of nitrogens with one attached hydrogen (secondary N) is 2. The van der Waals surface area contributed by atoms with E-state index in [1.54, 1.807) is 4.90 Å². The molecule has 12 nitrogen and oxygen atoms in total. The largest absolute Gasteiger partial charge is 0.489 e. The van der Waals surface area contributed by atoms with Gasteiger partial charge in [-0.1, -0.05) is 18.5 Å². The average molecular weight is 687 g/mol. The number of aryl methyl sites for hydroxylation is 1. The van der Waals surface area contributed by atoms with E-state index in [1.807, 2.05) is 52.5 Å². The molecule has 0 aliphatic carbocycles. The number of aromatic nitrogens is 2. The molecule has 2 aliphatic rings. The molecule has 0 unspecified atom stereocenters. The maximum atomic E-state index is 13.0. The number of likely N-dealkylation sites (tertiary alicyclic amines) is 1. The molecule has 2 N–H and O–H groups in total. The van der Waals surface area contributed by atoms with Crippen LogP contribution >= 0.6 is 11.6 Å². The van der Waals surface area contributed by atoms with Crippen LogP contribution in [0.3, 0.4) is 0 Å². The number of carbonyl (C=O) groups is 3. The highest BCUT2D eigenvalue weighted by atomic mass is 35.5. The zero-order valence-electron chi connectivity index (χ0n) is 29.5. The molecule has 0 radical (unpaired) electrons. The SMILES string of the molecule is CCCNC(=O)[C@@H]1C[C@H](C(=O)OC)CN(c2nc(Nc3cc(C)c(C4CCN(C(=O)OC(C)(C)C)CC4)cc3OC(C)C)ncc2Cl)C1. The third kappa shape index (κ3) is 9.64. The Balaban J connectivity index is 1.57. The Labute approximate surface area is 289 Å². The van der Waals surface area contributed by atoms with Crippen LogP contribution in [0.1, 0.15) is 84.3 Å². The lowest BCUT2D eigenvalue weighted by molar-refractivity contribution is -0.146. The van der Waals surface area contributed by atoms with Crippen molar-refractivity contribution < 1.29 is 28.6 Å². The second-order valence-corrected chi connectivity index (χ2v) is 14.4. The zero-order valence-corrected chi connectivity index (χ0v) is 30.3. The smallest absolute Gasteiger partial charge is 0.410 e. The first-order valence-corrected chi connectivity index (χ1v) is 17.3. The maximum absolute atomic E-state index is 13.0. The number of amides is 2. The molecular formula is C35H51ClN6O6. The molecule has 0 bridgehead atoms. The Bertz CT molecular complexity index is 1460. The molecule has 0 spiro atoms. The predicted molar refractivity (Wildman–Crippen MR) is 186 cm³/mol. The number of esters is 1. The summed E-state index contributed by atoms with van der Waals surface area (Å²) in [4.78, 5) is 51.1. The lowest BCUT2D eigenvalue weighted by atomic mass is 9.86. The lowest BCUT2D eigenvalue weighted by Crippen LogP contribution is -2.49. The molecular weight excluding hydrogens is 636 g/mol. The topological polar surface area (TPSA) is 135 Å². The summed E-state index contributed by atoms with van der Waals surface area (Å²) >= 11 is 6.63. The van der Waals surface area contributed by atoms with Gasteiger partial charge in [-0.15, -0.1) is 0 Å². The number of halogens is 1. The van der Waals surface area contributed by atoms with E-state index in [0.29, 0.717) is 67.4 Å². The van der Waals surface area contributed by atoms with Crippen LogP contribution in [0, 0.1) is 18.8 Å². The number of piperidine rings is 2. The van der Waals surface area contributed by atoms with Crippen molar-refractivity contribution in [1.29, 1.82) is 0 Å². The highest BCUT2D eigenvalue weighted by molar-refractivity contribution is 6.32. The first kappa shape index (κ1) is 37.0. The Morgan fingerprint density at radius 1 is 1.10 bits per heavy atom. The van der Waals surface area contributed by atoms with E-state index in [9.17, 15) is 14.4 Å². The van der Waals surface area contributed by atoms with Gasteiger partial charge in [0.2, 0.25) is 11.9 Å². The maximum Gasteiger partial charge on any atom is 0.410 e. The molecule has 4 rings (SSSR count). The average Bonchev–Trinajstić information content (AvgIpc) is 3.04. The van der Waals surface area contributed by atoms with Crippen molar-refractivity contribution in [3.05, 3.63) is 34.5 Å². The minimum Gasteiger partial charge on any atom is -0.489 e. The highest BCUT2D eigenvalue weighted by Gasteiger charge is 2.37. The van der Waals surface area contributed by atoms with Gasteiger partial charge < -0.3 is 34.6 Å². The van der Waals surface area contributed by atoms with Crippen LogP contribution in [-0.4, -0.2) is 84.4 Å². The van der Waals surface area contributed by atoms with Crippen LogP contribution < -0.4 is 20.3 Å². The number of rotatable bonds is 10. The van der Waals surface area contributed by atoms with E-state index in [4.69, 9.17) is 30.8 Å². The number of hydrogen-bond donors (Lipinski definition) is 2. The lowest BCUT2D eigenvalue weighted by Gasteiger charge is -2.37. The van der Waals surface area contributed by atoms with Gasteiger partial charge in [-0.3, -0.25) is 9.59 Å². The van der Waals surface area contributed by atoms with Gasteiger partial charge in [0.15, 0.2) is 5.82 Å². The van der Waals surface area contributed by atoms with Crippen molar-refractivity contribution in [2.75, 3.05) is 50.1 Å². The quantitative estimate of drug-likeness (QED) is 0.277. The summed E-state index contributed by atoms with van der Waals surface area (Å²) in [6, 6.07) is 4.11. The summed E-state index contributed by atoms with van der Waals surface area (Å²) in [6.45, 7) is 16.1. The second-order valence-electron chi connectivity index (χ2n) is 14.0. The van der Waals surface area contributed by atoms with Crippen molar-refractivity contribution in [3.63, 3.8) is 0 Å². The number of anilines is 3. The van der Waals surface area contributed by atoms with Gasteiger partial charge in [-0.25, -0.2) is 9.78 Å². The van der Waals surface area contributed by atoms with Gasteiger partial charge in [0.05, 0.1) is 36.9 Å². The van der Waals surface area contributed by atoms with Crippen molar-refractivity contribution in [1.82, 2.24) is 20.2 Å². The van der Waals surface area contributed by atoms with Crippen molar-refractivity contribution in [3.8, 4) is 5.75 Å². The number of nitrogens with zero attached hydrogens (tertiary/aromatic N) is 4. The summed E-state index contributed by atoms with van der Waals surface area (Å²) < 4.78 is 16.9. The monoisotopic (exact) mass is 686 g/mol. The van der Waals surface area contributed by atoms with Crippen LogP contribution in [-0.2, 0) is 19.1 Å². The molecule has 1 aromatic carbocycles. The minimum atomic E-state index is -0.530. The normalized spacial score (nSPS) is 18.8. The van der Waals surface area contributed by atoms with E-state index in [2.05, 4.69) is 28.6 Å². The molecule has 1 aromatic heterocycles. The molecule has 3 heterocycles. The number of carbonyl (C=O) groups excluding carboxylic acids is 3. The van der Waals surface area contributed by atoms with Crippen LogP contribution in [0.2, 0.25) is 5.02 Å². The zero-order chi connectivity index (χ0) is 35.2. The van der Waals surface area contributed by atoms with Gasteiger partial charge in [0.25, 0.3) is 0 Å². The van der Waals surface area contributed by atoms with Gasteiger partial charge in [0.1, 0.15) is 16.4 Å². The first-order valence-electron chi connectivity index (χ1n) is 16.9. The summed E-state index contributed by atoms with van der Waals surface area (Å²) in [5.74, 6) is 0.209. The molecule has 264 valence electrons. The van der Waals surface area contributed by atoms with Crippen molar-refractivity contribution >= 4 is 47.0 Å². The molecule has 2 amide bonds. The minimum absolute atomic E-state index is 0.0868. The van der Waals surface area contributed by atoms with Crippen molar-refractivity contribution in [2.45, 2.75) is 91.8 Å². The molecule has 2 aliphatic heterocycles. The molecule has 48 heavy (non-hydrogen) atoms. The predicted octanol–water partition coefficient (Wildman–Crippen LogP) is 6.23. The molecule has 2 fully saturated rings. The third-order valence-corrected chi connectivity index (χ3v) is 8.76. The molecule has 2 aromatic rings. The standard InChI is InChI=1S/C35H51ClN6O6/c1-9-12-37-31(43)24-16-25(32(44)46-8)20-42(19-24)30-27(36)18-38-33(40-30)39-28-15-22(4)26(17-29(28)47-21(2)3)23-10-13-41(14-11-23)34(45)48-35(5,6)7/h15,17-18,21,23-25H,9-14,16,19-20H2,1-8H3,(H,37,43)(H,38,39,40)/t24-,25+/m1/s1. The third-order valence-electron chi connectivity index (χ3n) is 8.49. The summed E-state index contributed by atoms with van der Waals surface area (Å²) in [6.07, 6.45) is 3.98. The molecule has 13 heteroatoms. The Morgan fingerprint density at radius 3 is 2.42 bits per heavy atom. The summed E-state index contributed by atoms with van der Waals surface area (Å²) in [5, 5.41) is 6.59. The first-order chi connectivity index (χ1) is 22.7. The Kier molecular flexibility index (Phi) is 12.4. The molecule has 2 saturated heterocycles. The van der Waals surface area contributed by atoms with E-state index >= 15 is 0 Å². The highest BCUT2D eigenvalue weighted by Crippen LogP contribution is 2.39. The van der Waals surface area contributed by atoms with Gasteiger partial charge in [0, 0.05) is 32.7 Å². The van der Waals surface area contributed by atoms with E-state index in [0.717, 1.165) is 24.8 Å². The van der Waals surface area contributed by atoms with E-state index in [-0.39, 0.29) is 30.0 Å². The summed E-state index contributed by atoms with van der Waals surface area (Å²) in [5.41, 5.74) is 2.42.